The smallest absolute Gasteiger partial charge is 0.411 e. The Morgan fingerprint density at radius 3 is 2.42 bits per heavy atom. The Bertz CT molecular complexity index is 786. The van der Waals surface area contributed by atoms with E-state index in [0.717, 1.165) is 0 Å². The second kappa shape index (κ2) is 12.5. The molecule has 0 aromatic heterocycles. The molecule has 186 valence electrons. The number of nitrogens with zero attached hydrogens (tertiary/aromatic N) is 2. The standard InChI is InChI=1S/C20H26F5N3O5/c1-31-16-11-14(3-4-15(16)33-19(21)22)18(30)26-12-17(29)28-8-6-27(7-9-28)5-2-10-32-13-20(23,24)25/h3-4,11,19H,2,5-10,12-13H2,1H3,(H,26,30). The fourth-order valence-corrected chi connectivity index (χ4v) is 3.17. The molecule has 0 spiro atoms. The number of alkyl halides is 5. The van der Waals surface area contributed by atoms with Crippen molar-refractivity contribution in [2.24, 2.45) is 0 Å². The van der Waals surface area contributed by atoms with Crippen LogP contribution in [0.25, 0.3) is 0 Å². The van der Waals surface area contributed by atoms with Crippen LogP contribution in [-0.4, -0.2) is 94.0 Å². The van der Waals surface area contributed by atoms with Crippen LogP contribution < -0.4 is 14.8 Å². The first-order chi connectivity index (χ1) is 15.6. The van der Waals surface area contributed by atoms with Crippen molar-refractivity contribution >= 4 is 11.8 Å². The Labute approximate surface area is 187 Å². The number of halogens is 5. The third-order valence-corrected chi connectivity index (χ3v) is 4.80. The first-order valence-corrected chi connectivity index (χ1v) is 10.1. The first kappa shape index (κ1) is 26.6. The van der Waals surface area contributed by atoms with Crippen molar-refractivity contribution in [3.05, 3.63) is 23.8 Å². The molecule has 0 atom stereocenters. The van der Waals surface area contributed by atoms with E-state index < -0.39 is 25.3 Å². The monoisotopic (exact) mass is 483 g/mol. The quantitative estimate of drug-likeness (QED) is 0.384. The van der Waals surface area contributed by atoms with Crippen LogP contribution in [0.4, 0.5) is 22.0 Å². The summed E-state index contributed by atoms with van der Waals surface area (Å²) in [5.41, 5.74) is 0.110. The highest BCUT2D eigenvalue weighted by Crippen LogP contribution is 2.29. The summed E-state index contributed by atoms with van der Waals surface area (Å²) in [4.78, 5) is 28.3. The summed E-state index contributed by atoms with van der Waals surface area (Å²) < 4.78 is 74.7. The number of methoxy groups -OCH3 is 1. The van der Waals surface area contributed by atoms with Gasteiger partial charge in [-0.2, -0.15) is 22.0 Å². The zero-order valence-electron chi connectivity index (χ0n) is 18.0. The van der Waals surface area contributed by atoms with E-state index in [1.54, 1.807) is 4.90 Å². The number of carbonyl (C=O) groups excluding carboxylic acids is 2. The largest absolute Gasteiger partial charge is 0.493 e. The highest BCUT2D eigenvalue weighted by Gasteiger charge is 2.27. The van der Waals surface area contributed by atoms with Crippen LogP contribution in [0.2, 0.25) is 0 Å². The molecule has 1 aliphatic rings. The number of benzene rings is 1. The lowest BCUT2D eigenvalue weighted by Crippen LogP contribution is -2.51. The van der Waals surface area contributed by atoms with Crippen LogP contribution in [0.15, 0.2) is 18.2 Å². The Kier molecular flexibility index (Phi) is 10.1. The van der Waals surface area contributed by atoms with Crippen LogP contribution in [0, 0.1) is 0 Å². The summed E-state index contributed by atoms with van der Waals surface area (Å²) in [5, 5.41) is 2.48. The predicted octanol–water partition coefficient (Wildman–Crippen LogP) is 2.14. The van der Waals surface area contributed by atoms with Crippen molar-refractivity contribution in [3.63, 3.8) is 0 Å². The average molecular weight is 483 g/mol. The van der Waals surface area contributed by atoms with Gasteiger partial charge in [-0.15, -0.1) is 0 Å². The SMILES string of the molecule is COc1cc(C(=O)NCC(=O)N2CCN(CCCOCC(F)(F)F)CC2)ccc1OC(F)F. The van der Waals surface area contributed by atoms with Gasteiger partial charge in [0, 0.05) is 44.9 Å². The fourth-order valence-electron chi connectivity index (χ4n) is 3.17. The lowest BCUT2D eigenvalue weighted by Gasteiger charge is -2.34. The second-order valence-corrected chi connectivity index (χ2v) is 7.17. The molecule has 1 fully saturated rings. The molecule has 1 saturated heterocycles. The molecule has 1 heterocycles. The van der Waals surface area contributed by atoms with E-state index >= 15 is 0 Å². The molecule has 0 bridgehead atoms. The third kappa shape index (κ3) is 9.38. The van der Waals surface area contributed by atoms with Crippen molar-refractivity contribution in [3.8, 4) is 11.5 Å². The van der Waals surface area contributed by atoms with E-state index in [1.807, 2.05) is 4.90 Å². The molecule has 2 amide bonds. The molecular weight excluding hydrogens is 457 g/mol. The summed E-state index contributed by atoms with van der Waals surface area (Å²) >= 11 is 0. The summed E-state index contributed by atoms with van der Waals surface area (Å²) in [6, 6.07) is 3.68. The molecule has 2 rings (SSSR count). The van der Waals surface area contributed by atoms with Gasteiger partial charge in [0.15, 0.2) is 11.5 Å². The van der Waals surface area contributed by atoms with Crippen LogP contribution in [0.3, 0.4) is 0 Å². The van der Waals surface area contributed by atoms with E-state index in [0.29, 0.717) is 39.1 Å². The van der Waals surface area contributed by atoms with Gasteiger partial charge >= 0.3 is 12.8 Å². The van der Waals surface area contributed by atoms with Gasteiger partial charge < -0.3 is 24.4 Å². The molecule has 0 radical (unpaired) electrons. The van der Waals surface area contributed by atoms with Gasteiger partial charge in [-0.25, -0.2) is 0 Å². The highest BCUT2D eigenvalue weighted by atomic mass is 19.4. The van der Waals surface area contributed by atoms with Crippen molar-refractivity contribution < 1.29 is 45.8 Å². The lowest BCUT2D eigenvalue weighted by molar-refractivity contribution is -0.174. The van der Waals surface area contributed by atoms with E-state index in [2.05, 4.69) is 14.8 Å². The minimum Gasteiger partial charge on any atom is -0.493 e. The van der Waals surface area contributed by atoms with Gasteiger partial charge in [-0.3, -0.25) is 14.5 Å². The number of nitrogens with one attached hydrogen (secondary N) is 1. The molecule has 0 aliphatic carbocycles. The van der Waals surface area contributed by atoms with Gasteiger partial charge in [0.25, 0.3) is 5.91 Å². The maximum atomic E-state index is 12.4. The minimum atomic E-state index is -4.33. The molecule has 13 heteroatoms. The summed E-state index contributed by atoms with van der Waals surface area (Å²) in [6.45, 7) is -2.03. The van der Waals surface area contributed by atoms with Gasteiger partial charge in [-0.05, 0) is 24.6 Å². The summed E-state index contributed by atoms with van der Waals surface area (Å²) in [6.07, 6.45) is -3.88. The molecule has 33 heavy (non-hydrogen) atoms. The van der Waals surface area contributed by atoms with Crippen LogP contribution >= 0.6 is 0 Å². The molecule has 1 aromatic carbocycles. The number of rotatable bonds is 11. The molecule has 1 aromatic rings. The van der Waals surface area contributed by atoms with Crippen molar-refractivity contribution in [2.45, 2.75) is 19.2 Å². The zero-order valence-corrected chi connectivity index (χ0v) is 18.0. The maximum absolute atomic E-state index is 12.4. The number of piperazine rings is 1. The normalized spacial score (nSPS) is 14.9. The maximum Gasteiger partial charge on any atom is 0.411 e. The van der Waals surface area contributed by atoms with Crippen LogP contribution in [-0.2, 0) is 9.53 Å². The number of ether oxygens (including phenoxy) is 3. The van der Waals surface area contributed by atoms with E-state index in [-0.39, 0.29) is 36.1 Å². The molecule has 0 unspecified atom stereocenters. The molecule has 0 saturated carbocycles. The number of carbonyl (C=O) groups is 2. The Morgan fingerprint density at radius 2 is 1.82 bits per heavy atom. The average Bonchev–Trinajstić information content (AvgIpc) is 2.76. The Hall–Kier alpha value is -2.67. The molecule has 8 nitrogen and oxygen atoms in total. The van der Waals surface area contributed by atoms with Crippen molar-refractivity contribution in [2.75, 3.05) is 59.6 Å². The summed E-state index contributed by atoms with van der Waals surface area (Å²) in [7, 11) is 1.24. The lowest BCUT2D eigenvalue weighted by atomic mass is 10.2. The Morgan fingerprint density at radius 1 is 1.12 bits per heavy atom. The minimum absolute atomic E-state index is 0.00468. The number of hydrogen-bond donors (Lipinski definition) is 1. The zero-order chi connectivity index (χ0) is 24.4. The summed E-state index contributed by atoms with van der Waals surface area (Å²) in [5.74, 6) is -1.14. The predicted molar refractivity (Wildman–Crippen MR) is 106 cm³/mol. The molecular formula is C20H26F5N3O5. The number of hydrogen-bond acceptors (Lipinski definition) is 6. The highest BCUT2D eigenvalue weighted by molar-refractivity contribution is 5.97. The topological polar surface area (TPSA) is 80.3 Å². The Balaban J connectivity index is 1.71. The van der Waals surface area contributed by atoms with Crippen LogP contribution in [0.1, 0.15) is 16.8 Å². The van der Waals surface area contributed by atoms with Gasteiger partial charge in [-0.1, -0.05) is 0 Å². The van der Waals surface area contributed by atoms with Gasteiger partial charge in [0.2, 0.25) is 5.91 Å². The van der Waals surface area contributed by atoms with Crippen molar-refractivity contribution in [1.82, 2.24) is 15.1 Å². The number of amides is 2. The first-order valence-electron chi connectivity index (χ1n) is 10.1. The van der Waals surface area contributed by atoms with Crippen LogP contribution in [0.5, 0.6) is 11.5 Å². The fraction of sp³-hybridized carbons (Fsp3) is 0.600. The second-order valence-electron chi connectivity index (χ2n) is 7.17. The van der Waals surface area contributed by atoms with Gasteiger partial charge in [0.05, 0.1) is 13.7 Å². The van der Waals surface area contributed by atoms with Gasteiger partial charge in [0.1, 0.15) is 6.61 Å². The van der Waals surface area contributed by atoms with Crippen molar-refractivity contribution in [1.29, 1.82) is 0 Å². The molecule has 1 N–H and O–H groups in total. The van der Waals surface area contributed by atoms with E-state index in [1.165, 1.54) is 25.3 Å². The van der Waals surface area contributed by atoms with E-state index in [4.69, 9.17) is 4.74 Å². The molecule has 1 aliphatic heterocycles. The van der Waals surface area contributed by atoms with E-state index in [9.17, 15) is 31.5 Å². The third-order valence-electron chi connectivity index (χ3n) is 4.80.